The van der Waals surface area contributed by atoms with Gasteiger partial charge in [-0.15, -0.1) is 0 Å². The van der Waals surface area contributed by atoms with Crippen molar-refractivity contribution in [3.8, 4) is 0 Å². The number of hydrogen-bond acceptors (Lipinski definition) is 3. The molecule has 0 aliphatic carbocycles. The molecule has 2 heterocycles. The van der Waals surface area contributed by atoms with E-state index in [0.29, 0.717) is 6.04 Å². The molecule has 0 radical (unpaired) electrons. The average molecular weight is 156 g/mol. The molecule has 0 aromatic rings. The van der Waals surface area contributed by atoms with E-state index in [2.05, 4.69) is 23.6 Å². The number of hydrogen-bond donors (Lipinski definition) is 0. The summed E-state index contributed by atoms with van der Waals surface area (Å²) in [7, 11) is 0. The second-order valence-corrected chi connectivity index (χ2v) is 3.75. The van der Waals surface area contributed by atoms with Crippen molar-refractivity contribution < 1.29 is 4.74 Å². The first-order chi connectivity index (χ1) is 5.27. The van der Waals surface area contributed by atoms with E-state index in [0.717, 1.165) is 19.5 Å². The molecule has 2 aliphatic rings. The van der Waals surface area contributed by atoms with Gasteiger partial charge in [0.15, 0.2) is 0 Å². The molecule has 0 amide bonds. The molecular formula is C8H16N2O. The van der Waals surface area contributed by atoms with Crippen LogP contribution in [-0.4, -0.2) is 48.4 Å². The zero-order valence-electron chi connectivity index (χ0n) is 7.29. The summed E-state index contributed by atoms with van der Waals surface area (Å²) in [5.74, 6) is 0. The van der Waals surface area contributed by atoms with Crippen molar-refractivity contribution in [1.29, 1.82) is 0 Å². The van der Waals surface area contributed by atoms with Gasteiger partial charge in [0.25, 0.3) is 0 Å². The lowest BCUT2D eigenvalue weighted by Gasteiger charge is -2.50. The van der Waals surface area contributed by atoms with Crippen molar-refractivity contribution in [2.45, 2.75) is 25.9 Å². The Kier molecular flexibility index (Phi) is 1.87. The molecule has 3 nitrogen and oxygen atoms in total. The van der Waals surface area contributed by atoms with Gasteiger partial charge in [0.2, 0.25) is 0 Å². The number of rotatable bonds is 2. The smallest absolute Gasteiger partial charge is 0.103 e. The molecule has 2 rings (SSSR count). The van der Waals surface area contributed by atoms with Crippen LogP contribution in [0.15, 0.2) is 0 Å². The van der Waals surface area contributed by atoms with Gasteiger partial charge in [0.05, 0.1) is 0 Å². The Labute approximate surface area is 67.9 Å². The summed E-state index contributed by atoms with van der Waals surface area (Å²) in [6.45, 7) is 8.70. The van der Waals surface area contributed by atoms with Gasteiger partial charge in [-0.3, -0.25) is 9.80 Å². The minimum absolute atomic E-state index is 0.716. The van der Waals surface area contributed by atoms with Crippen LogP contribution >= 0.6 is 0 Å². The summed E-state index contributed by atoms with van der Waals surface area (Å²) in [6.07, 6.45) is 0. The molecule has 3 heteroatoms. The molecule has 2 aliphatic heterocycles. The van der Waals surface area contributed by atoms with Crippen LogP contribution in [-0.2, 0) is 4.74 Å². The Morgan fingerprint density at radius 3 is 2.27 bits per heavy atom. The van der Waals surface area contributed by atoms with Gasteiger partial charge >= 0.3 is 0 Å². The molecule has 0 N–H and O–H groups in total. The van der Waals surface area contributed by atoms with Crippen LogP contribution in [0.4, 0.5) is 0 Å². The fourth-order valence-corrected chi connectivity index (χ4v) is 1.55. The van der Waals surface area contributed by atoms with Gasteiger partial charge in [-0.25, -0.2) is 0 Å². The fraction of sp³-hybridized carbons (Fsp3) is 1.00. The second kappa shape index (κ2) is 2.73. The van der Waals surface area contributed by atoms with E-state index in [1.165, 1.54) is 13.1 Å². The Morgan fingerprint density at radius 1 is 1.27 bits per heavy atom. The van der Waals surface area contributed by atoms with Crippen LogP contribution in [0, 0.1) is 0 Å². The van der Waals surface area contributed by atoms with Crippen LogP contribution in [0.5, 0.6) is 0 Å². The maximum atomic E-state index is 5.09. The lowest BCUT2D eigenvalue weighted by atomic mass is 10.1. The minimum Gasteiger partial charge on any atom is -0.351 e. The first-order valence-electron chi connectivity index (χ1n) is 4.33. The van der Waals surface area contributed by atoms with E-state index in [4.69, 9.17) is 4.74 Å². The highest BCUT2D eigenvalue weighted by Gasteiger charge is 2.35. The summed E-state index contributed by atoms with van der Waals surface area (Å²) in [6, 6.07) is 1.50. The summed E-state index contributed by atoms with van der Waals surface area (Å²) < 4.78 is 5.09. The van der Waals surface area contributed by atoms with Crippen LogP contribution in [0.3, 0.4) is 0 Å². The summed E-state index contributed by atoms with van der Waals surface area (Å²) in [4.78, 5) is 4.88. The van der Waals surface area contributed by atoms with Crippen molar-refractivity contribution in [3.63, 3.8) is 0 Å². The van der Waals surface area contributed by atoms with Gasteiger partial charge in [-0.1, -0.05) is 0 Å². The van der Waals surface area contributed by atoms with E-state index in [1.807, 2.05) is 0 Å². The molecule has 2 fully saturated rings. The Morgan fingerprint density at radius 2 is 1.91 bits per heavy atom. The third-order valence-corrected chi connectivity index (χ3v) is 2.65. The highest BCUT2D eigenvalue weighted by atomic mass is 16.5. The molecular weight excluding hydrogens is 140 g/mol. The zero-order valence-corrected chi connectivity index (χ0v) is 7.29. The van der Waals surface area contributed by atoms with Crippen molar-refractivity contribution in [1.82, 2.24) is 9.80 Å². The Balaban J connectivity index is 1.70. The predicted molar refractivity (Wildman–Crippen MR) is 43.2 cm³/mol. The van der Waals surface area contributed by atoms with E-state index in [1.54, 1.807) is 0 Å². The molecule has 11 heavy (non-hydrogen) atoms. The third-order valence-electron chi connectivity index (χ3n) is 2.65. The van der Waals surface area contributed by atoms with Crippen molar-refractivity contribution >= 4 is 0 Å². The summed E-state index contributed by atoms with van der Waals surface area (Å²) >= 11 is 0. The van der Waals surface area contributed by atoms with E-state index in [-0.39, 0.29) is 0 Å². The topological polar surface area (TPSA) is 15.7 Å². The van der Waals surface area contributed by atoms with Gasteiger partial charge in [-0.2, -0.15) is 0 Å². The van der Waals surface area contributed by atoms with Gasteiger partial charge < -0.3 is 4.74 Å². The molecule has 0 aromatic heterocycles. The van der Waals surface area contributed by atoms with E-state index >= 15 is 0 Å². The predicted octanol–water partition coefficient (Wildman–Crippen LogP) is 0.326. The number of nitrogens with zero attached hydrogens (tertiary/aromatic N) is 2. The highest BCUT2D eigenvalue weighted by molar-refractivity contribution is 4.89. The van der Waals surface area contributed by atoms with Crippen LogP contribution in [0.1, 0.15) is 13.8 Å². The lowest BCUT2D eigenvalue weighted by molar-refractivity contribution is -0.190. The molecule has 0 aromatic carbocycles. The lowest BCUT2D eigenvalue weighted by Crippen LogP contribution is -2.64. The SMILES string of the molecule is CC(C)N1CC(N2COC2)C1. The van der Waals surface area contributed by atoms with E-state index < -0.39 is 0 Å². The van der Waals surface area contributed by atoms with Crippen molar-refractivity contribution in [2.75, 3.05) is 26.6 Å². The van der Waals surface area contributed by atoms with Gasteiger partial charge in [-0.05, 0) is 13.8 Å². The zero-order chi connectivity index (χ0) is 7.84. The van der Waals surface area contributed by atoms with E-state index in [9.17, 15) is 0 Å². The molecule has 0 atom stereocenters. The van der Waals surface area contributed by atoms with Gasteiger partial charge in [0.1, 0.15) is 13.5 Å². The molecule has 0 saturated carbocycles. The molecule has 0 spiro atoms. The molecule has 0 unspecified atom stereocenters. The number of ether oxygens (including phenoxy) is 1. The van der Waals surface area contributed by atoms with Gasteiger partial charge in [0, 0.05) is 25.2 Å². The summed E-state index contributed by atoms with van der Waals surface area (Å²) in [5, 5.41) is 0. The maximum Gasteiger partial charge on any atom is 0.103 e. The summed E-state index contributed by atoms with van der Waals surface area (Å²) in [5.41, 5.74) is 0. The highest BCUT2D eigenvalue weighted by Crippen LogP contribution is 2.20. The van der Waals surface area contributed by atoms with Crippen LogP contribution in [0.2, 0.25) is 0 Å². The molecule has 2 saturated heterocycles. The minimum atomic E-state index is 0.716. The molecule has 0 bridgehead atoms. The third kappa shape index (κ3) is 1.28. The Bertz CT molecular complexity index is 139. The van der Waals surface area contributed by atoms with Crippen LogP contribution < -0.4 is 0 Å². The second-order valence-electron chi connectivity index (χ2n) is 3.75. The van der Waals surface area contributed by atoms with Crippen LogP contribution in [0.25, 0.3) is 0 Å². The first kappa shape index (κ1) is 7.53. The Hall–Kier alpha value is -0.120. The quantitative estimate of drug-likeness (QED) is 0.573. The fourth-order valence-electron chi connectivity index (χ4n) is 1.55. The van der Waals surface area contributed by atoms with Crippen molar-refractivity contribution in [3.05, 3.63) is 0 Å². The van der Waals surface area contributed by atoms with Crippen molar-refractivity contribution in [2.24, 2.45) is 0 Å². The number of likely N-dealkylation sites (tertiary alicyclic amines) is 1. The monoisotopic (exact) mass is 156 g/mol. The standard InChI is InChI=1S/C8H16N2O/c1-7(2)9-3-8(4-9)10-5-11-6-10/h7-8H,3-6H2,1-2H3. The maximum absolute atomic E-state index is 5.09. The molecule has 64 valence electrons. The largest absolute Gasteiger partial charge is 0.351 e. The first-order valence-corrected chi connectivity index (χ1v) is 4.33. The average Bonchev–Trinajstić information content (AvgIpc) is 1.70. The normalized spacial score (nSPS) is 28.6.